The van der Waals surface area contributed by atoms with Crippen LogP contribution >= 0.6 is 55.0 Å². The average molecular weight is 402 g/mol. The predicted octanol–water partition coefficient (Wildman–Crippen LogP) is 3.75. The van der Waals surface area contributed by atoms with Gasteiger partial charge in [0.1, 0.15) is 0 Å². The molecule has 7 heteroatoms. The molecule has 0 radical (unpaired) electrons. The van der Waals surface area contributed by atoms with E-state index in [1.54, 1.807) is 6.07 Å². The maximum atomic E-state index is 11.8. The Balaban J connectivity index is 2.35. The van der Waals surface area contributed by atoms with Gasteiger partial charge in [-0.1, -0.05) is 0 Å². The number of thiophene rings is 1. The Hall–Kier alpha value is 0.150. The third kappa shape index (κ3) is 5.11. The Morgan fingerprint density at radius 2 is 2.18 bits per heavy atom. The average Bonchev–Trinajstić information content (AvgIpc) is 2.63. The number of Topliss-reactive ketones (excluding diaryl/α,β-unsaturated/α-hetero) is 1. The molecule has 1 aromatic rings. The minimum atomic E-state index is -0.246. The van der Waals surface area contributed by atoms with E-state index in [4.69, 9.17) is 0 Å². The third-order valence-electron chi connectivity index (χ3n) is 1.87. The fourth-order valence-corrected chi connectivity index (χ4v) is 4.68. The molecule has 94 valence electrons. The number of hydrogen-bond acceptors (Lipinski definition) is 5. The van der Waals surface area contributed by atoms with E-state index in [0.717, 1.165) is 7.57 Å². The smallest absolute Gasteiger partial charge is 0.306 e. The monoisotopic (exact) mass is 400 g/mol. The second-order valence-electron chi connectivity index (χ2n) is 3.04. The van der Waals surface area contributed by atoms with Crippen molar-refractivity contribution in [2.24, 2.45) is 0 Å². The van der Waals surface area contributed by atoms with E-state index in [0.29, 0.717) is 23.5 Å². The van der Waals surface area contributed by atoms with Gasteiger partial charge in [-0.25, -0.2) is 0 Å². The van der Waals surface area contributed by atoms with Crippen molar-refractivity contribution in [2.45, 2.75) is 6.42 Å². The van der Waals surface area contributed by atoms with Crippen LogP contribution in [0.2, 0.25) is 0 Å². The number of carbonyl (C=O) groups is 2. The summed E-state index contributed by atoms with van der Waals surface area (Å²) in [7, 11) is 1.36. The zero-order valence-electron chi connectivity index (χ0n) is 9.00. The molecule has 0 N–H and O–H groups in total. The lowest BCUT2D eigenvalue weighted by Crippen LogP contribution is -2.05. The van der Waals surface area contributed by atoms with Gasteiger partial charge in [-0.2, -0.15) is 11.8 Å². The largest absolute Gasteiger partial charge is 0.469 e. The van der Waals surface area contributed by atoms with Crippen LogP contribution in [0.25, 0.3) is 0 Å². The van der Waals surface area contributed by atoms with E-state index in [2.05, 4.69) is 36.6 Å². The Kier molecular flexibility index (Phi) is 6.76. The van der Waals surface area contributed by atoms with E-state index in [-0.39, 0.29) is 11.8 Å². The van der Waals surface area contributed by atoms with Gasteiger partial charge in [0, 0.05) is 11.3 Å². The fourth-order valence-electron chi connectivity index (χ4n) is 1.03. The van der Waals surface area contributed by atoms with Crippen LogP contribution in [0.4, 0.5) is 0 Å². The first-order valence-electron chi connectivity index (χ1n) is 4.67. The summed E-state index contributed by atoms with van der Waals surface area (Å²) in [6.45, 7) is 0. The van der Waals surface area contributed by atoms with E-state index >= 15 is 0 Å². The quantitative estimate of drug-likeness (QED) is 0.413. The lowest BCUT2D eigenvalue weighted by molar-refractivity contribution is -0.140. The fraction of sp³-hybridized carbons (Fsp3) is 0.400. The molecule has 0 aliphatic carbocycles. The number of ether oxygens (including phenoxy) is 1. The van der Waals surface area contributed by atoms with Crippen molar-refractivity contribution >= 4 is 66.7 Å². The Morgan fingerprint density at radius 3 is 2.71 bits per heavy atom. The summed E-state index contributed by atoms with van der Waals surface area (Å²) in [5, 5.41) is 0. The summed E-state index contributed by atoms with van der Waals surface area (Å²) >= 11 is 9.59. The van der Waals surface area contributed by atoms with Gasteiger partial charge in [0.25, 0.3) is 0 Å². The predicted molar refractivity (Wildman–Crippen MR) is 78.0 cm³/mol. The van der Waals surface area contributed by atoms with Crippen molar-refractivity contribution in [1.82, 2.24) is 0 Å². The molecule has 0 amide bonds. The second-order valence-corrected chi connectivity index (χ2v) is 7.89. The molecule has 0 unspecified atom stereocenters. The number of methoxy groups -OCH3 is 1. The van der Waals surface area contributed by atoms with Crippen molar-refractivity contribution in [1.29, 1.82) is 0 Å². The van der Waals surface area contributed by atoms with Crippen LogP contribution in [0.3, 0.4) is 0 Å². The minimum Gasteiger partial charge on any atom is -0.469 e. The van der Waals surface area contributed by atoms with Crippen molar-refractivity contribution in [3.63, 3.8) is 0 Å². The molecule has 0 saturated heterocycles. The van der Waals surface area contributed by atoms with Crippen LogP contribution in [0.5, 0.6) is 0 Å². The summed E-state index contributed by atoms with van der Waals surface area (Å²) in [4.78, 5) is 22.7. The topological polar surface area (TPSA) is 43.4 Å². The maximum absolute atomic E-state index is 11.8. The molecule has 0 spiro atoms. The molecule has 1 aromatic heterocycles. The first-order valence-corrected chi connectivity index (χ1v) is 8.23. The molecule has 17 heavy (non-hydrogen) atoms. The Labute approximate surface area is 125 Å². The molecule has 0 bridgehead atoms. The lowest BCUT2D eigenvalue weighted by atomic mass is 10.2. The third-order valence-corrected chi connectivity index (χ3v) is 5.17. The molecule has 0 fully saturated rings. The van der Waals surface area contributed by atoms with Crippen LogP contribution in [0.1, 0.15) is 16.8 Å². The van der Waals surface area contributed by atoms with E-state index in [1.165, 1.54) is 30.2 Å². The lowest BCUT2D eigenvalue weighted by Gasteiger charge is -2.00. The molecule has 3 nitrogen and oxygen atoms in total. The molecule has 0 aliphatic heterocycles. The molecule has 0 aromatic carbocycles. The van der Waals surface area contributed by atoms with Crippen LogP contribution in [0, 0.1) is 0 Å². The van der Waals surface area contributed by atoms with Crippen molar-refractivity contribution in [3.05, 3.63) is 19.2 Å². The number of esters is 1. The number of halogens is 2. The molecule has 1 rings (SSSR count). The van der Waals surface area contributed by atoms with E-state index in [9.17, 15) is 9.59 Å². The SMILES string of the molecule is COC(=O)CCSCC(=O)c1cc(Br)sc1Br. The van der Waals surface area contributed by atoms with Crippen LogP contribution in [0.15, 0.2) is 13.6 Å². The number of thioether (sulfide) groups is 1. The normalized spacial score (nSPS) is 10.3. The van der Waals surface area contributed by atoms with Crippen molar-refractivity contribution in [2.75, 3.05) is 18.6 Å². The molecular weight excluding hydrogens is 392 g/mol. The van der Waals surface area contributed by atoms with Gasteiger partial charge in [-0.15, -0.1) is 11.3 Å². The molecule has 1 heterocycles. The molecule has 0 saturated carbocycles. The van der Waals surface area contributed by atoms with Crippen LogP contribution in [-0.4, -0.2) is 30.4 Å². The van der Waals surface area contributed by atoms with Crippen molar-refractivity contribution < 1.29 is 14.3 Å². The summed E-state index contributed by atoms with van der Waals surface area (Å²) < 4.78 is 6.27. The zero-order chi connectivity index (χ0) is 12.8. The first-order chi connectivity index (χ1) is 8.04. The van der Waals surface area contributed by atoms with Gasteiger partial charge in [-0.3, -0.25) is 9.59 Å². The summed E-state index contributed by atoms with van der Waals surface area (Å²) in [6.07, 6.45) is 0.336. The number of carbonyl (C=O) groups excluding carboxylic acids is 2. The van der Waals surface area contributed by atoms with E-state index in [1.807, 2.05) is 0 Å². The standard InChI is InChI=1S/C10H10Br2O3S2/c1-15-9(14)2-3-16-5-7(13)6-4-8(11)17-10(6)12/h4H,2-3,5H2,1H3. The molecule has 0 atom stereocenters. The highest BCUT2D eigenvalue weighted by Gasteiger charge is 2.13. The van der Waals surface area contributed by atoms with Crippen LogP contribution in [-0.2, 0) is 9.53 Å². The minimum absolute atomic E-state index is 0.0636. The summed E-state index contributed by atoms with van der Waals surface area (Å²) in [6, 6.07) is 1.80. The van der Waals surface area contributed by atoms with Crippen molar-refractivity contribution in [3.8, 4) is 0 Å². The highest BCUT2D eigenvalue weighted by molar-refractivity contribution is 9.12. The highest BCUT2D eigenvalue weighted by atomic mass is 79.9. The second kappa shape index (κ2) is 7.56. The highest BCUT2D eigenvalue weighted by Crippen LogP contribution is 2.32. The van der Waals surface area contributed by atoms with E-state index < -0.39 is 0 Å². The Morgan fingerprint density at radius 1 is 1.47 bits per heavy atom. The number of hydrogen-bond donors (Lipinski definition) is 0. The van der Waals surface area contributed by atoms with Gasteiger partial charge in [-0.05, 0) is 37.9 Å². The number of ketones is 1. The van der Waals surface area contributed by atoms with Gasteiger partial charge in [0.2, 0.25) is 0 Å². The molecule has 0 aliphatic rings. The van der Waals surface area contributed by atoms with Gasteiger partial charge < -0.3 is 4.74 Å². The van der Waals surface area contributed by atoms with Gasteiger partial charge >= 0.3 is 5.97 Å². The maximum Gasteiger partial charge on any atom is 0.306 e. The van der Waals surface area contributed by atoms with Gasteiger partial charge in [0.15, 0.2) is 5.78 Å². The number of rotatable bonds is 6. The zero-order valence-corrected chi connectivity index (χ0v) is 13.8. The summed E-state index contributed by atoms with van der Waals surface area (Å²) in [5.41, 5.74) is 0.687. The van der Waals surface area contributed by atoms with Crippen LogP contribution < -0.4 is 0 Å². The van der Waals surface area contributed by atoms with Gasteiger partial charge in [0.05, 0.1) is 26.9 Å². The molecular formula is C10H10Br2O3S2. The summed E-state index contributed by atoms with van der Waals surface area (Å²) in [5.74, 6) is 0.790. The first kappa shape index (κ1) is 15.2. The Bertz CT molecular complexity index is 418.